The van der Waals surface area contributed by atoms with Crippen LogP contribution in [0.15, 0.2) is 51.2 Å². The van der Waals surface area contributed by atoms with E-state index in [2.05, 4.69) is 5.32 Å². The highest BCUT2D eigenvalue weighted by molar-refractivity contribution is 6.01. The largest absolute Gasteiger partial charge is 0.421 e. The van der Waals surface area contributed by atoms with E-state index in [-0.39, 0.29) is 17.5 Å². The first-order valence-electron chi connectivity index (χ1n) is 9.28. The number of rotatable bonds is 6. The number of carbonyl (C=O) groups excluding carboxylic acids is 2. The third kappa shape index (κ3) is 4.57. The molecule has 0 saturated heterocycles. The van der Waals surface area contributed by atoms with Gasteiger partial charge in [0, 0.05) is 36.7 Å². The van der Waals surface area contributed by atoms with Crippen molar-refractivity contribution in [2.24, 2.45) is 0 Å². The lowest BCUT2D eigenvalue weighted by Crippen LogP contribution is -2.31. The molecule has 0 unspecified atom stereocenters. The van der Waals surface area contributed by atoms with E-state index in [0.29, 0.717) is 41.1 Å². The van der Waals surface area contributed by atoms with Gasteiger partial charge in [-0.25, -0.2) is 4.79 Å². The number of anilines is 1. The molecule has 2 aromatic rings. The van der Waals surface area contributed by atoms with Gasteiger partial charge in [-0.05, 0) is 39.3 Å². The molecule has 1 aromatic carbocycles. The molecule has 0 radical (unpaired) electrons. The molecule has 2 amide bonds. The lowest BCUT2D eigenvalue weighted by Gasteiger charge is -2.21. The topological polar surface area (TPSA) is 79.6 Å². The molecule has 148 valence electrons. The molecule has 6 nitrogen and oxygen atoms in total. The molecular weight excluding hydrogens is 356 g/mol. The fourth-order valence-electron chi connectivity index (χ4n) is 2.94. The summed E-state index contributed by atoms with van der Waals surface area (Å²) < 4.78 is 5.56. The van der Waals surface area contributed by atoms with Gasteiger partial charge in [-0.1, -0.05) is 30.3 Å². The Morgan fingerprint density at radius 2 is 1.64 bits per heavy atom. The van der Waals surface area contributed by atoms with Crippen molar-refractivity contribution in [3.63, 3.8) is 0 Å². The van der Waals surface area contributed by atoms with E-state index in [1.807, 2.05) is 51.1 Å². The van der Waals surface area contributed by atoms with Gasteiger partial charge in [0.15, 0.2) is 0 Å². The summed E-state index contributed by atoms with van der Waals surface area (Å²) in [4.78, 5) is 38.3. The lowest BCUT2D eigenvalue weighted by molar-refractivity contribution is -0.126. The summed E-state index contributed by atoms with van der Waals surface area (Å²) in [5, 5.41) is 2.50. The van der Waals surface area contributed by atoms with Gasteiger partial charge >= 0.3 is 5.63 Å². The number of allylic oxidation sites excluding steroid dienone is 1. The summed E-state index contributed by atoms with van der Waals surface area (Å²) in [7, 11) is 0. The molecule has 0 saturated carbocycles. The fourth-order valence-corrected chi connectivity index (χ4v) is 2.94. The Morgan fingerprint density at radius 1 is 1.04 bits per heavy atom. The average molecular weight is 382 g/mol. The van der Waals surface area contributed by atoms with Crippen molar-refractivity contribution < 1.29 is 14.0 Å². The normalized spacial score (nSPS) is 11.6. The molecule has 0 atom stereocenters. The van der Waals surface area contributed by atoms with E-state index >= 15 is 0 Å². The predicted molar refractivity (Wildman–Crippen MR) is 111 cm³/mol. The second-order valence-corrected chi connectivity index (χ2v) is 6.46. The number of hydrogen-bond donors (Lipinski definition) is 1. The fraction of sp³-hybridized carbons (Fsp3) is 0.318. The Bertz CT molecular complexity index is 954. The number of likely N-dealkylation sites (N-methyl/N-ethyl adjacent to an activating group) is 1. The summed E-state index contributed by atoms with van der Waals surface area (Å²) in [6.07, 6.45) is 0. The summed E-state index contributed by atoms with van der Waals surface area (Å²) in [5.74, 6) is -0.0824. The maximum Gasteiger partial charge on any atom is 0.360 e. The number of nitrogens with zero attached hydrogens (tertiary/aromatic N) is 1. The highest BCUT2D eigenvalue weighted by Crippen LogP contribution is 2.31. The van der Waals surface area contributed by atoms with Crippen molar-refractivity contribution in [2.75, 3.05) is 18.4 Å². The van der Waals surface area contributed by atoms with E-state index in [1.165, 1.54) is 6.92 Å². The molecule has 28 heavy (non-hydrogen) atoms. The maximum absolute atomic E-state index is 12.8. The van der Waals surface area contributed by atoms with Crippen LogP contribution >= 0.6 is 0 Å². The third-order valence-corrected chi connectivity index (χ3v) is 4.63. The van der Waals surface area contributed by atoms with Crippen LogP contribution in [0.4, 0.5) is 5.69 Å². The Balaban J connectivity index is 2.71. The monoisotopic (exact) mass is 382 g/mol. The van der Waals surface area contributed by atoms with E-state index in [9.17, 15) is 14.4 Å². The Morgan fingerprint density at radius 3 is 2.18 bits per heavy atom. The minimum atomic E-state index is -0.640. The third-order valence-electron chi connectivity index (χ3n) is 4.63. The van der Waals surface area contributed by atoms with Crippen LogP contribution in [0.1, 0.15) is 40.2 Å². The molecule has 1 N–H and O–H groups in total. The smallest absolute Gasteiger partial charge is 0.360 e. The number of nitrogens with one attached hydrogen (secondary N) is 1. The van der Waals surface area contributed by atoms with Gasteiger partial charge in [-0.2, -0.15) is 0 Å². The molecule has 0 spiro atoms. The van der Waals surface area contributed by atoms with Gasteiger partial charge in [-0.3, -0.25) is 9.59 Å². The molecule has 0 aliphatic rings. The van der Waals surface area contributed by atoms with E-state index in [0.717, 1.165) is 0 Å². The molecular formula is C22H26N2O4. The second-order valence-electron chi connectivity index (χ2n) is 6.46. The Labute approximate surface area is 164 Å². The quantitative estimate of drug-likeness (QED) is 0.768. The van der Waals surface area contributed by atoms with Crippen LogP contribution < -0.4 is 10.9 Å². The molecule has 0 fully saturated rings. The van der Waals surface area contributed by atoms with Gasteiger partial charge in [0.05, 0.1) is 0 Å². The molecule has 2 rings (SSSR count). The number of hydrogen-bond acceptors (Lipinski definition) is 4. The summed E-state index contributed by atoms with van der Waals surface area (Å²) >= 11 is 0. The Hall–Kier alpha value is -3.15. The van der Waals surface area contributed by atoms with Crippen LogP contribution in [0.5, 0.6) is 0 Å². The summed E-state index contributed by atoms with van der Waals surface area (Å²) in [6.45, 7) is 9.96. The summed E-state index contributed by atoms with van der Waals surface area (Å²) in [5.41, 5.74) is 1.96. The maximum atomic E-state index is 12.8. The van der Waals surface area contributed by atoms with Crippen molar-refractivity contribution in [2.45, 2.75) is 34.6 Å². The second kappa shape index (κ2) is 9.17. The van der Waals surface area contributed by atoms with Crippen LogP contribution in [-0.4, -0.2) is 29.8 Å². The minimum Gasteiger partial charge on any atom is -0.421 e. The van der Waals surface area contributed by atoms with E-state index in [4.69, 9.17) is 4.42 Å². The van der Waals surface area contributed by atoms with E-state index in [1.54, 1.807) is 17.9 Å². The van der Waals surface area contributed by atoms with Crippen molar-refractivity contribution >= 4 is 23.1 Å². The molecule has 0 aliphatic heterocycles. The van der Waals surface area contributed by atoms with Gasteiger partial charge in [-0.15, -0.1) is 0 Å². The number of benzene rings is 1. The minimum absolute atomic E-state index is 0.0459. The number of amides is 2. The molecule has 0 bridgehead atoms. The molecule has 1 aromatic heterocycles. The van der Waals surface area contributed by atoms with Gasteiger partial charge in [0.25, 0.3) is 0 Å². The zero-order valence-corrected chi connectivity index (χ0v) is 17.0. The highest BCUT2D eigenvalue weighted by atomic mass is 16.4. The molecule has 6 heteroatoms. The van der Waals surface area contributed by atoms with Crippen molar-refractivity contribution in [1.82, 2.24) is 4.90 Å². The highest BCUT2D eigenvalue weighted by Gasteiger charge is 2.20. The average Bonchev–Trinajstić information content (AvgIpc) is 2.69. The SMILES string of the molecule is CCN(CC)C(=O)/C(C)=C(/C)c1cc(NC(C)=O)c(=O)oc1-c1ccccc1. The standard InChI is InChI=1S/C22H26N2O4/c1-6-24(7-2)21(26)15(4)14(3)18-13-19(23-16(5)25)22(27)28-20(18)17-11-9-8-10-12-17/h8-13H,6-7H2,1-5H3,(H,23,25)/b15-14-. The predicted octanol–water partition coefficient (Wildman–Crippen LogP) is 3.93. The first-order chi connectivity index (χ1) is 13.3. The first kappa shape index (κ1) is 21.2. The zero-order valence-electron chi connectivity index (χ0n) is 17.0. The van der Waals surface area contributed by atoms with Crippen LogP contribution in [0.3, 0.4) is 0 Å². The first-order valence-corrected chi connectivity index (χ1v) is 9.28. The van der Waals surface area contributed by atoms with Gasteiger partial charge < -0.3 is 14.6 Å². The van der Waals surface area contributed by atoms with Crippen LogP contribution in [0.25, 0.3) is 16.9 Å². The molecule has 0 aliphatic carbocycles. The van der Waals surface area contributed by atoms with Crippen molar-refractivity contribution in [1.29, 1.82) is 0 Å². The zero-order chi connectivity index (χ0) is 20.8. The van der Waals surface area contributed by atoms with Crippen LogP contribution in [0.2, 0.25) is 0 Å². The van der Waals surface area contributed by atoms with Crippen LogP contribution in [0, 0.1) is 0 Å². The molecule has 1 heterocycles. The number of carbonyl (C=O) groups is 2. The van der Waals surface area contributed by atoms with Crippen LogP contribution in [-0.2, 0) is 9.59 Å². The van der Waals surface area contributed by atoms with Crippen molar-refractivity contribution in [3.8, 4) is 11.3 Å². The van der Waals surface area contributed by atoms with Gasteiger partial charge in [0.2, 0.25) is 11.8 Å². The summed E-state index contributed by atoms with van der Waals surface area (Å²) in [6, 6.07) is 10.8. The van der Waals surface area contributed by atoms with Crippen molar-refractivity contribution in [3.05, 3.63) is 58.0 Å². The lowest BCUT2D eigenvalue weighted by atomic mass is 9.97. The Kier molecular flexibility index (Phi) is 6.93. The van der Waals surface area contributed by atoms with E-state index < -0.39 is 5.63 Å². The van der Waals surface area contributed by atoms with Gasteiger partial charge in [0.1, 0.15) is 11.4 Å².